The lowest BCUT2D eigenvalue weighted by atomic mass is 9.87. The van der Waals surface area contributed by atoms with E-state index in [-0.39, 0.29) is 5.41 Å². The van der Waals surface area contributed by atoms with E-state index < -0.39 is 4.84 Å². The standard InChI is InChI=1S/C9H14Cl2N2/c1-9(2,3)6-5-13(4)12-7(6)8(10)11/h5,8H,1-4H3. The monoisotopic (exact) mass is 220 g/mol. The number of nitrogens with zero attached hydrogens (tertiary/aromatic N) is 2. The molecule has 1 aromatic rings. The van der Waals surface area contributed by atoms with Crippen molar-refractivity contribution in [3.63, 3.8) is 0 Å². The Morgan fingerprint density at radius 3 is 2.23 bits per heavy atom. The minimum atomic E-state index is -0.546. The van der Waals surface area contributed by atoms with Crippen molar-refractivity contribution in [3.8, 4) is 0 Å². The van der Waals surface area contributed by atoms with Crippen LogP contribution in [0, 0.1) is 0 Å². The van der Waals surface area contributed by atoms with Crippen LogP contribution in [0.4, 0.5) is 0 Å². The minimum Gasteiger partial charge on any atom is -0.275 e. The normalized spacial score (nSPS) is 12.5. The quantitative estimate of drug-likeness (QED) is 0.666. The van der Waals surface area contributed by atoms with Gasteiger partial charge in [-0.2, -0.15) is 5.10 Å². The van der Waals surface area contributed by atoms with Crippen molar-refractivity contribution in [1.82, 2.24) is 9.78 Å². The smallest absolute Gasteiger partial charge is 0.151 e. The number of aryl methyl sites for hydroxylation is 1. The van der Waals surface area contributed by atoms with E-state index in [1.54, 1.807) is 4.68 Å². The molecule has 0 amide bonds. The summed E-state index contributed by atoms with van der Waals surface area (Å²) in [6.07, 6.45) is 1.97. The van der Waals surface area contributed by atoms with Gasteiger partial charge in [-0.1, -0.05) is 44.0 Å². The van der Waals surface area contributed by atoms with Gasteiger partial charge >= 0.3 is 0 Å². The minimum absolute atomic E-state index is 0.0334. The van der Waals surface area contributed by atoms with E-state index in [2.05, 4.69) is 25.9 Å². The Morgan fingerprint density at radius 1 is 1.38 bits per heavy atom. The molecule has 0 spiro atoms. The Hall–Kier alpha value is -0.210. The van der Waals surface area contributed by atoms with Crippen molar-refractivity contribution in [2.45, 2.75) is 31.0 Å². The maximum Gasteiger partial charge on any atom is 0.151 e. The van der Waals surface area contributed by atoms with Gasteiger partial charge in [0.15, 0.2) is 4.84 Å². The Labute approximate surface area is 88.8 Å². The largest absolute Gasteiger partial charge is 0.275 e. The highest BCUT2D eigenvalue weighted by molar-refractivity contribution is 6.44. The summed E-state index contributed by atoms with van der Waals surface area (Å²) in [5.74, 6) is 0. The Balaban J connectivity index is 3.20. The molecule has 13 heavy (non-hydrogen) atoms. The molecule has 0 N–H and O–H groups in total. The summed E-state index contributed by atoms with van der Waals surface area (Å²) in [6, 6.07) is 0. The van der Waals surface area contributed by atoms with E-state index in [1.165, 1.54) is 0 Å². The lowest BCUT2D eigenvalue weighted by Gasteiger charge is -2.18. The van der Waals surface area contributed by atoms with Crippen LogP contribution in [0.5, 0.6) is 0 Å². The fourth-order valence-corrected chi connectivity index (χ4v) is 1.57. The number of hydrogen-bond donors (Lipinski definition) is 0. The molecule has 0 saturated carbocycles. The molecule has 74 valence electrons. The average Bonchev–Trinajstić information content (AvgIpc) is 2.29. The van der Waals surface area contributed by atoms with Crippen molar-refractivity contribution in [2.75, 3.05) is 0 Å². The molecule has 0 bridgehead atoms. The summed E-state index contributed by atoms with van der Waals surface area (Å²) in [5, 5.41) is 4.23. The van der Waals surface area contributed by atoms with Crippen LogP contribution < -0.4 is 0 Å². The molecule has 0 atom stereocenters. The summed E-state index contributed by atoms with van der Waals surface area (Å²) >= 11 is 11.6. The molecular formula is C9H14Cl2N2. The topological polar surface area (TPSA) is 17.8 Å². The molecule has 0 aliphatic heterocycles. The van der Waals surface area contributed by atoms with E-state index in [9.17, 15) is 0 Å². The van der Waals surface area contributed by atoms with E-state index in [0.717, 1.165) is 11.3 Å². The Bertz CT molecular complexity index is 297. The van der Waals surface area contributed by atoms with Crippen LogP contribution in [0.1, 0.15) is 36.9 Å². The Kier molecular flexibility index (Phi) is 2.93. The third-order valence-corrected chi connectivity index (χ3v) is 2.29. The lowest BCUT2D eigenvalue weighted by molar-refractivity contribution is 0.584. The summed E-state index contributed by atoms with van der Waals surface area (Å²) in [7, 11) is 1.87. The molecule has 1 rings (SSSR count). The summed E-state index contributed by atoms with van der Waals surface area (Å²) in [5.41, 5.74) is 1.90. The third-order valence-electron chi connectivity index (χ3n) is 1.87. The van der Waals surface area contributed by atoms with Crippen LogP contribution in [0.15, 0.2) is 6.20 Å². The van der Waals surface area contributed by atoms with E-state index in [0.29, 0.717) is 0 Å². The zero-order valence-electron chi connectivity index (χ0n) is 8.31. The first-order valence-electron chi connectivity index (χ1n) is 4.14. The van der Waals surface area contributed by atoms with Gasteiger partial charge in [0.25, 0.3) is 0 Å². The molecule has 4 heteroatoms. The zero-order valence-corrected chi connectivity index (χ0v) is 9.82. The van der Waals surface area contributed by atoms with Crippen LogP contribution in [0.3, 0.4) is 0 Å². The fourth-order valence-electron chi connectivity index (χ4n) is 1.24. The second-order valence-electron chi connectivity index (χ2n) is 4.15. The highest BCUT2D eigenvalue weighted by atomic mass is 35.5. The summed E-state index contributed by atoms with van der Waals surface area (Å²) in [4.78, 5) is -0.546. The third kappa shape index (κ3) is 2.38. The first kappa shape index (κ1) is 10.9. The number of aromatic nitrogens is 2. The van der Waals surface area contributed by atoms with Gasteiger partial charge in [-0.25, -0.2) is 0 Å². The SMILES string of the molecule is Cn1cc(C(C)(C)C)c(C(Cl)Cl)n1. The second kappa shape index (κ2) is 3.50. The van der Waals surface area contributed by atoms with Gasteiger partial charge in [0.05, 0.1) is 5.69 Å². The maximum atomic E-state index is 5.82. The zero-order chi connectivity index (χ0) is 10.2. The van der Waals surface area contributed by atoms with Gasteiger partial charge in [-0.15, -0.1) is 0 Å². The molecule has 1 aromatic heterocycles. The van der Waals surface area contributed by atoms with Gasteiger partial charge < -0.3 is 0 Å². The maximum absolute atomic E-state index is 5.82. The molecule has 0 radical (unpaired) electrons. The second-order valence-corrected chi connectivity index (χ2v) is 5.25. The number of alkyl halides is 2. The molecule has 0 aliphatic carbocycles. The highest BCUT2D eigenvalue weighted by Gasteiger charge is 2.24. The average molecular weight is 221 g/mol. The van der Waals surface area contributed by atoms with Crippen LogP contribution in [0.2, 0.25) is 0 Å². The van der Waals surface area contributed by atoms with Gasteiger partial charge in [-0.3, -0.25) is 4.68 Å². The highest BCUT2D eigenvalue weighted by Crippen LogP contribution is 2.33. The number of rotatable bonds is 1. The van der Waals surface area contributed by atoms with Crippen LogP contribution >= 0.6 is 23.2 Å². The van der Waals surface area contributed by atoms with Gasteiger partial charge in [0, 0.05) is 18.8 Å². The van der Waals surface area contributed by atoms with E-state index in [1.807, 2.05) is 13.2 Å². The molecule has 1 heterocycles. The van der Waals surface area contributed by atoms with Crippen LogP contribution in [-0.4, -0.2) is 9.78 Å². The van der Waals surface area contributed by atoms with E-state index in [4.69, 9.17) is 23.2 Å². The predicted molar refractivity (Wildman–Crippen MR) is 56.4 cm³/mol. The van der Waals surface area contributed by atoms with Crippen LogP contribution in [-0.2, 0) is 12.5 Å². The lowest BCUT2D eigenvalue weighted by Crippen LogP contribution is -2.12. The van der Waals surface area contributed by atoms with Crippen LogP contribution in [0.25, 0.3) is 0 Å². The molecule has 0 aliphatic rings. The van der Waals surface area contributed by atoms with Crippen molar-refractivity contribution in [3.05, 3.63) is 17.5 Å². The predicted octanol–water partition coefficient (Wildman–Crippen LogP) is 3.19. The first-order valence-corrected chi connectivity index (χ1v) is 5.02. The number of hydrogen-bond acceptors (Lipinski definition) is 1. The number of halogens is 2. The Morgan fingerprint density at radius 2 is 1.92 bits per heavy atom. The molecular weight excluding hydrogens is 207 g/mol. The first-order chi connectivity index (χ1) is 5.82. The molecule has 0 unspecified atom stereocenters. The van der Waals surface area contributed by atoms with Crippen molar-refractivity contribution in [1.29, 1.82) is 0 Å². The van der Waals surface area contributed by atoms with Crippen molar-refractivity contribution in [2.24, 2.45) is 7.05 Å². The summed E-state index contributed by atoms with van der Waals surface area (Å²) in [6.45, 7) is 6.34. The van der Waals surface area contributed by atoms with Crippen molar-refractivity contribution >= 4 is 23.2 Å². The van der Waals surface area contributed by atoms with Crippen molar-refractivity contribution < 1.29 is 0 Å². The summed E-state index contributed by atoms with van der Waals surface area (Å²) < 4.78 is 1.74. The van der Waals surface area contributed by atoms with Gasteiger partial charge in [-0.05, 0) is 5.41 Å². The molecule has 0 fully saturated rings. The van der Waals surface area contributed by atoms with Gasteiger partial charge in [0.2, 0.25) is 0 Å². The molecule has 2 nitrogen and oxygen atoms in total. The van der Waals surface area contributed by atoms with Gasteiger partial charge in [0.1, 0.15) is 0 Å². The molecule has 0 saturated heterocycles. The van der Waals surface area contributed by atoms with E-state index >= 15 is 0 Å². The fraction of sp³-hybridized carbons (Fsp3) is 0.667. The molecule has 0 aromatic carbocycles.